The minimum absolute atomic E-state index is 0.268. The molecule has 1 aromatic carbocycles. The van der Waals surface area contributed by atoms with Gasteiger partial charge in [0, 0.05) is 0 Å². The minimum atomic E-state index is -0.466. The summed E-state index contributed by atoms with van der Waals surface area (Å²) in [6.07, 6.45) is 0.793. The molecule has 0 spiro atoms. The van der Waals surface area contributed by atoms with Gasteiger partial charge in [0.2, 0.25) is 12.2 Å². The van der Waals surface area contributed by atoms with E-state index in [1.165, 1.54) is 6.39 Å². The van der Waals surface area contributed by atoms with Crippen molar-refractivity contribution in [1.82, 2.24) is 10.1 Å². The number of hydrogen-bond donors (Lipinski definition) is 1. The smallest absolute Gasteiger partial charge is 0.213 e. The van der Waals surface area contributed by atoms with E-state index >= 15 is 0 Å². The van der Waals surface area contributed by atoms with E-state index < -0.39 is 6.10 Å². The Hall–Kier alpha value is -1.88. The van der Waals surface area contributed by atoms with E-state index in [4.69, 9.17) is 4.74 Å². The van der Waals surface area contributed by atoms with Crippen LogP contribution in [0.25, 0.3) is 0 Å². The number of aromatic nitrogens is 2. The zero-order valence-corrected chi connectivity index (χ0v) is 8.83. The van der Waals surface area contributed by atoms with Gasteiger partial charge in [0.15, 0.2) is 6.61 Å². The van der Waals surface area contributed by atoms with Gasteiger partial charge in [0.05, 0.1) is 6.10 Å². The Kier molecular flexibility index (Phi) is 3.16. The number of nitrogens with zero attached hydrogens (tertiary/aromatic N) is 2. The maximum atomic E-state index is 9.32. The van der Waals surface area contributed by atoms with Gasteiger partial charge >= 0.3 is 0 Å². The van der Waals surface area contributed by atoms with E-state index in [2.05, 4.69) is 14.7 Å². The van der Waals surface area contributed by atoms with Crippen LogP contribution in [0.3, 0.4) is 0 Å². The largest absolute Gasteiger partial charge is 0.485 e. The zero-order chi connectivity index (χ0) is 11.4. The quantitative estimate of drug-likeness (QED) is 0.849. The fourth-order valence-electron chi connectivity index (χ4n) is 1.25. The normalized spacial score (nSPS) is 12.4. The summed E-state index contributed by atoms with van der Waals surface area (Å²) in [5.41, 5.74) is 0.854. The van der Waals surface area contributed by atoms with Gasteiger partial charge < -0.3 is 14.4 Å². The molecule has 0 aliphatic carbocycles. The van der Waals surface area contributed by atoms with Gasteiger partial charge in [-0.25, -0.2) is 0 Å². The van der Waals surface area contributed by atoms with Crippen LogP contribution in [0, 0.1) is 0 Å². The first kappa shape index (κ1) is 10.6. The van der Waals surface area contributed by atoms with Crippen LogP contribution in [0.5, 0.6) is 5.75 Å². The number of aliphatic hydroxyl groups excluding tert-OH is 1. The molecule has 0 bridgehead atoms. The van der Waals surface area contributed by atoms with Crippen molar-refractivity contribution in [2.45, 2.75) is 19.6 Å². The summed E-state index contributed by atoms with van der Waals surface area (Å²) >= 11 is 0. The van der Waals surface area contributed by atoms with Crippen molar-refractivity contribution in [2.75, 3.05) is 0 Å². The van der Waals surface area contributed by atoms with Crippen LogP contribution in [0.2, 0.25) is 0 Å². The average Bonchev–Trinajstić information content (AvgIpc) is 2.80. The van der Waals surface area contributed by atoms with E-state index in [1.54, 1.807) is 19.1 Å². The molecule has 0 saturated carbocycles. The van der Waals surface area contributed by atoms with Gasteiger partial charge in [-0.15, -0.1) is 0 Å². The predicted molar refractivity (Wildman–Crippen MR) is 55.7 cm³/mol. The Morgan fingerprint density at radius 3 is 2.69 bits per heavy atom. The Labute approximate surface area is 92.7 Å². The highest BCUT2D eigenvalue weighted by Gasteiger charge is 2.02. The van der Waals surface area contributed by atoms with E-state index in [0.29, 0.717) is 11.6 Å². The lowest BCUT2D eigenvalue weighted by Gasteiger charge is -2.06. The highest BCUT2D eigenvalue weighted by Crippen LogP contribution is 2.17. The zero-order valence-electron chi connectivity index (χ0n) is 8.83. The van der Waals surface area contributed by atoms with Crippen molar-refractivity contribution >= 4 is 0 Å². The van der Waals surface area contributed by atoms with Crippen LogP contribution >= 0.6 is 0 Å². The fourth-order valence-corrected chi connectivity index (χ4v) is 1.25. The maximum absolute atomic E-state index is 9.32. The number of ether oxygens (including phenoxy) is 1. The molecule has 1 aromatic heterocycles. The standard InChI is InChI=1S/C11H12N2O3/c1-8(14)9-2-4-10(5-3-9)15-6-11-12-7-16-13-11/h2-5,7-8,14H,6H2,1H3/t8-/m1/s1. The van der Waals surface area contributed by atoms with Crippen LogP contribution in [-0.4, -0.2) is 15.2 Å². The summed E-state index contributed by atoms with van der Waals surface area (Å²) in [5, 5.41) is 12.9. The van der Waals surface area contributed by atoms with E-state index in [9.17, 15) is 5.11 Å². The number of rotatable bonds is 4. The Morgan fingerprint density at radius 1 is 1.38 bits per heavy atom. The second-order valence-electron chi connectivity index (χ2n) is 3.38. The first-order valence-corrected chi connectivity index (χ1v) is 4.92. The van der Waals surface area contributed by atoms with Crippen molar-refractivity contribution in [3.05, 3.63) is 42.0 Å². The SMILES string of the molecule is C[C@@H](O)c1ccc(OCc2ncon2)cc1. The van der Waals surface area contributed by atoms with Crippen LogP contribution < -0.4 is 4.74 Å². The van der Waals surface area contributed by atoms with Gasteiger partial charge in [0.25, 0.3) is 0 Å². The molecule has 5 nitrogen and oxygen atoms in total. The van der Waals surface area contributed by atoms with Gasteiger partial charge in [-0.3, -0.25) is 0 Å². The third-order valence-electron chi connectivity index (χ3n) is 2.14. The summed E-state index contributed by atoms with van der Waals surface area (Å²) in [5.74, 6) is 1.20. The maximum Gasteiger partial charge on any atom is 0.213 e. The van der Waals surface area contributed by atoms with Gasteiger partial charge in [0.1, 0.15) is 5.75 Å². The van der Waals surface area contributed by atoms with Crippen molar-refractivity contribution in [2.24, 2.45) is 0 Å². The first-order chi connectivity index (χ1) is 7.75. The Morgan fingerprint density at radius 2 is 2.12 bits per heavy atom. The van der Waals surface area contributed by atoms with Gasteiger partial charge in [-0.1, -0.05) is 17.3 Å². The lowest BCUT2D eigenvalue weighted by atomic mass is 10.1. The second-order valence-corrected chi connectivity index (χ2v) is 3.38. The van der Waals surface area contributed by atoms with Gasteiger partial charge in [-0.2, -0.15) is 4.98 Å². The predicted octanol–water partition coefficient (Wildman–Crippen LogP) is 1.70. The topological polar surface area (TPSA) is 68.4 Å². The summed E-state index contributed by atoms with van der Waals surface area (Å²) in [6, 6.07) is 7.22. The number of aliphatic hydroxyl groups is 1. The molecule has 1 heterocycles. The van der Waals surface area contributed by atoms with E-state index in [1.807, 2.05) is 12.1 Å². The van der Waals surface area contributed by atoms with E-state index in [-0.39, 0.29) is 6.61 Å². The molecule has 1 N–H and O–H groups in total. The van der Waals surface area contributed by atoms with Crippen molar-refractivity contribution in [1.29, 1.82) is 0 Å². The molecule has 0 aliphatic heterocycles. The molecule has 5 heteroatoms. The molecule has 0 amide bonds. The van der Waals surface area contributed by atoms with Crippen LogP contribution in [-0.2, 0) is 6.61 Å². The molecule has 84 valence electrons. The molecule has 2 rings (SSSR count). The third kappa shape index (κ3) is 2.58. The fraction of sp³-hybridized carbons (Fsp3) is 0.273. The third-order valence-corrected chi connectivity index (χ3v) is 2.14. The molecule has 0 saturated heterocycles. The highest BCUT2D eigenvalue weighted by atomic mass is 16.5. The van der Waals surface area contributed by atoms with Crippen LogP contribution in [0.15, 0.2) is 35.2 Å². The van der Waals surface area contributed by atoms with Crippen LogP contribution in [0.1, 0.15) is 24.4 Å². The lowest BCUT2D eigenvalue weighted by Crippen LogP contribution is -1.97. The van der Waals surface area contributed by atoms with E-state index in [0.717, 1.165) is 5.56 Å². The molecule has 0 unspecified atom stereocenters. The van der Waals surface area contributed by atoms with Crippen molar-refractivity contribution in [3.8, 4) is 5.75 Å². The lowest BCUT2D eigenvalue weighted by molar-refractivity contribution is 0.199. The molecule has 0 aliphatic rings. The van der Waals surface area contributed by atoms with Crippen LogP contribution in [0.4, 0.5) is 0 Å². The second kappa shape index (κ2) is 4.76. The summed E-state index contributed by atoms with van der Waals surface area (Å²) in [4.78, 5) is 3.83. The molecular weight excluding hydrogens is 208 g/mol. The minimum Gasteiger partial charge on any atom is -0.485 e. The first-order valence-electron chi connectivity index (χ1n) is 4.92. The highest BCUT2D eigenvalue weighted by molar-refractivity contribution is 5.28. The number of benzene rings is 1. The summed E-state index contributed by atoms with van der Waals surface area (Å²) < 4.78 is 10.00. The number of hydrogen-bond acceptors (Lipinski definition) is 5. The molecule has 1 atom stereocenters. The Balaban J connectivity index is 1.95. The Bertz CT molecular complexity index is 423. The molecule has 2 aromatic rings. The van der Waals surface area contributed by atoms with Crippen molar-refractivity contribution in [3.63, 3.8) is 0 Å². The average molecular weight is 220 g/mol. The molecule has 16 heavy (non-hydrogen) atoms. The molecule has 0 fully saturated rings. The van der Waals surface area contributed by atoms with Gasteiger partial charge in [-0.05, 0) is 24.6 Å². The molecular formula is C11H12N2O3. The van der Waals surface area contributed by atoms with Crippen molar-refractivity contribution < 1.29 is 14.4 Å². The summed E-state index contributed by atoms with van der Waals surface area (Å²) in [6.45, 7) is 1.99. The monoisotopic (exact) mass is 220 g/mol. The molecule has 0 radical (unpaired) electrons. The summed E-state index contributed by atoms with van der Waals surface area (Å²) in [7, 11) is 0.